The number of aliphatic hydroxyl groups excluding tert-OH is 2. The number of phosphoric acid groups is 2. The maximum Gasteiger partial charge on any atom is 0.472 e. The molecule has 18 heteroatoms. The third kappa shape index (κ3) is 92.9. The summed E-state index contributed by atoms with van der Waals surface area (Å²) >= 11 is 0. The first kappa shape index (κ1) is 113. The van der Waals surface area contributed by atoms with Crippen LogP contribution in [-0.4, -0.2) is 95.9 Å². The van der Waals surface area contributed by atoms with Crippen molar-refractivity contribution in [3.05, 3.63) is 194 Å². The van der Waals surface area contributed by atoms with E-state index in [0.717, 1.165) is 199 Å². The molecule has 5 unspecified atom stereocenters. The highest BCUT2D eigenvalue weighted by Crippen LogP contribution is 2.45. The van der Waals surface area contributed by atoms with E-state index in [-0.39, 0.29) is 19.3 Å². The number of hydrogen-bond donors (Lipinski definition) is 4. The molecule has 119 heavy (non-hydrogen) atoms. The van der Waals surface area contributed by atoms with Crippen molar-refractivity contribution >= 4 is 33.6 Å². The predicted molar refractivity (Wildman–Crippen MR) is 500 cm³/mol. The lowest BCUT2D eigenvalue weighted by Crippen LogP contribution is -2.30. The standard InChI is InChI=1S/C101H168O16P2/c1-4-7-10-13-16-19-22-25-28-31-34-37-40-43-45-46-47-48-50-53-54-57-60-63-66-69-72-75-78-81-84-87-99(104)111-90-96(102)91-113-118(107,108)114-92-97(103)93-115-119(109,110)116-95-98(117-101(106)89-86-83-80-77-74-71-68-65-62-59-56-51-42-39-36-33-30-27-24-21-18-15-12-9-6-3)94-112-100(105)88-85-82-79-76-73-70-67-64-61-58-55-52-49-44-41-38-35-32-29-26-23-20-17-14-11-8-5-2/h7-8,10-11,16-21,25-30,34-39,43-45,47-49,51,55-56,58,96-98,102-103H,4-6,9,12-15,22-24,31-33,40-42,46,50,52-54,57,59-95H2,1-3H3,(H,107,108)(H,109,110)/b10-7-,11-8-,19-16-,20-17-,21-18-,28-25-,29-26-,30-27-,37-34-,38-35-,39-36-,45-43-,48-47-,49-44-,56-51-,58-55-. The summed E-state index contributed by atoms with van der Waals surface area (Å²) in [5, 5.41) is 20.8. The lowest BCUT2D eigenvalue weighted by Gasteiger charge is -2.21. The number of carbonyl (C=O) groups is 3. The summed E-state index contributed by atoms with van der Waals surface area (Å²) in [7, 11) is -9.82. The molecule has 16 nitrogen and oxygen atoms in total. The van der Waals surface area contributed by atoms with Gasteiger partial charge in [-0.1, -0.05) is 376 Å². The molecule has 4 N–H and O–H groups in total. The Hall–Kier alpha value is -5.61. The van der Waals surface area contributed by atoms with Crippen LogP contribution in [0.25, 0.3) is 0 Å². The SMILES string of the molecule is CC/C=C\C/C=C\C/C=C\C/C=C\C/C=C\C/C=C\CCCCCCCCCCCCCCC(=O)OCC(O)COP(=O)(O)OCC(O)COP(=O)(O)OCC(COC(=O)CCCCCCCCCC/C=C\C/C=C\C/C=C\C/C=C\C/C=C\C/C=C\CC)OC(=O)CCCCCCCCCCC/C=C\C/C=C\C/C=C\C/C=C\CCCCC. The number of allylic oxidation sites excluding steroid dienone is 32. The summed E-state index contributed by atoms with van der Waals surface area (Å²) in [5.74, 6) is -1.59. The van der Waals surface area contributed by atoms with Crippen molar-refractivity contribution in [2.75, 3.05) is 39.6 Å². The van der Waals surface area contributed by atoms with Gasteiger partial charge in [0.05, 0.1) is 26.4 Å². The maximum atomic E-state index is 13.1. The number of carbonyl (C=O) groups excluding carboxylic acids is 3. The van der Waals surface area contributed by atoms with E-state index in [0.29, 0.717) is 19.3 Å². The maximum absolute atomic E-state index is 13.1. The lowest BCUT2D eigenvalue weighted by molar-refractivity contribution is -0.161. The average Bonchev–Trinajstić information content (AvgIpc) is 0.905. The second kappa shape index (κ2) is 91.6. The molecule has 0 saturated heterocycles. The van der Waals surface area contributed by atoms with Crippen molar-refractivity contribution in [1.82, 2.24) is 0 Å². The summed E-state index contributed by atoms with van der Waals surface area (Å²) < 4.78 is 61.5. The Kier molecular flexibility index (Phi) is 87.3. The molecule has 678 valence electrons. The van der Waals surface area contributed by atoms with E-state index in [1.807, 2.05) is 0 Å². The molecule has 0 aromatic rings. The Labute approximate surface area is 725 Å². The highest BCUT2D eigenvalue weighted by Gasteiger charge is 2.29. The Bertz CT molecular complexity index is 2940. The summed E-state index contributed by atoms with van der Waals surface area (Å²) in [5.41, 5.74) is 0. The lowest BCUT2D eigenvalue weighted by atomic mass is 10.0. The first-order valence-electron chi connectivity index (χ1n) is 46.7. The number of phosphoric ester groups is 2. The number of aliphatic hydroxyl groups is 2. The zero-order valence-electron chi connectivity index (χ0n) is 74.7. The average molecular weight is 1700 g/mol. The van der Waals surface area contributed by atoms with E-state index < -0.39 is 91.5 Å². The molecular formula is C101H168O16P2. The molecule has 0 aliphatic rings. The van der Waals surface area contributed by atoms with Crippen molar-refractivity contribution in [3.63, 3.8) is 0 Å². The zero-order valence-corrected chi connectivity index (χ0v) is 76.5. The summed E-state index contributed by atoms with van der Waals surface area (Å²) in [6, 6.07) is 0. The van der Waals surface area contributed by atoms with Crippen LogP contribution in [0.3, 0.4) is 0 Å². The Balaban J connectivity index is 4.67. The van der Waals surface area contributed by atoms with Gasteiger partial charge in [-0.2, -0.15) is 0 Å². The van der Waals surface area contributed by atoms with Crippen LogP contribution in [0.15, 0.2) is 194 Å². The van der Waals surface area contributed by atoms with Crippen LogP contribution in [0.5, 0.6) is 0 Å². The molecule has 5 atom stereocenters. The molecule has 0 amide bonds. The number of esters is 3. The second-order valence-corrected chi connectivity index (χ2v) is 33.6. The van der Waals surface area contributed by atoms with Gasteiger partial charge in [0.25, 0.3) is 0 Å². The minimum atomic E-state index is -4.95. The smallest absolute Gasteiger partial charge is 0.463 e. The van der Waals surface area contributed by atoms with Crippen LogP contribution >= 0.6 is 15.6 Å². The van der Waals surface area contributed by atoms with Gasteiger partial charge in [0.1, 0.15) is 25.4 Å². The van der Waals surface area contributed by atoms with E-state index >= 15 is 0 Å². The van der Waals surface area contributed by atoms with E-state index in [1.54, 1.807) is 0 Å². The summed E-state index contributed by atoms with van der Waals surface area (Å²) in [6.45, 7) is 2.44. The van der Waals surface area contributed by atoms with Gasteiger partial charge in [-0.05, 0) is 167 Å². The van der Waals surface area contributed by atoms with Gasteiger partial charge in [0.2, 0.25) is 0 Å². The fourth-order valence-corrected chi connectivity index (χ4v) is 13.9. The van der Waals surface area contributed by atoms with Crippen molar-refractivity contribution < 1.29 is 75.8 Å². The Morgan fingerprint density at radius 1 is 0.244 bits per heavy atom. The van der Waals surface area contributed by atoms with Gasteiger partial charge < -0.3 is 34.2 Å². The Morgan fingerprint density at radius 3 is 0.706 bits per heavy atom. The number of unbranched alkanes of at least 4 members (excludes halogenated alkanes) is 32. The molecule has 0 fully saturated rings. The third-order valence-corrected chi connectivity index (χ3v) is 21.2. The van der Waals surface area contributed by atoms with Crippen LogP contribution in [0, 0.1) is 0 Å². The van der Waals surface area contributed by atoms with Crippen LogP contribution < -0.4 is 0 Å². The van der Waals surface area contributed by atoms with Gasteiger partial charge in [0.15, 0.2) is 6.10 Å². The van der Waals surface area contributed by atoms with Gasteiger partial charge in [-0.15, -0.1) is 0 Å². The largest absolute Gasteiger partial charge is 0.472 e. The van der Waals surface area contributed by atoms with E-state index in [1.165, 1.54) is 109 Å². The molecule has 0 rings (SSSR count). The normalized spacial score (nSPS) is 14.6. The minimum Gasteiger partial charge on any atom is -0.463 e. The fraction of sp³-hybridized carbons (Fsp3) is 0.653. The minimum absolute atomic E-state index is 0.0892. The molecule has 0 aromatic carbocycles. The van der Waals surface area contributed by atoms with Crippen molar-refractivity contribution in [1.29, 1.82) is 0 Å². The van der Waals surface area contributed by atoms with Crippen molar-refractivity contribution in [3.8, 4) is 0 Å². The molecule has 0 saturated carbocycles. The molecule has 0 aliphatic carbocycles. The topological polar surface area (TPSA) is 231 Å². The van der Waals surface area contributed by atoms with Crippen LogP contribution in [0.1, 0.15) is 367 Å². The van der Waals surface area contributed by atoms with Crippen LogP contribution in [-0.2, 0) is 55.8 Å². The molecule has 0 heterocycles. The van der Waals surface area contributed by atoms with Crippen LogP contribution in [0.2, 0.25) is 0 Å². The molecule has 0 aliphatic heterocycles. The molecular weight excluding hydrogens is 1530 g/mol. The first-order valence-corrected chi connectivity index (χ1v) is 49.7. The van der Waals surface area contributed by atoms with E-state index in [2.05, 4.69) is 215 Å². The van der Waals surface area contributed by atoms with Gasteiger partial charge in [0, 0.05) is 19.3 Å². The van der Waals surface area contributed by atoms with Crippen molar-refractivity contribution in [2.24, 2.45) is 0 Å². The highest BCUT2D eigenvalue weighted by molar-refractivity contribution is 7.47. The molecule has 0 bridgehead atoms. The fourth-order valence-electron chi connectivity index (χ4n) is 12.3. The zero-order chi connectivity index (χ0) is 86.5. The van der Waals surface area contributed by atoms with Gasteiger partial charge in [-0.3, -0.25) is 32.5 Å². The van der Waals surface area contributed by atoms with Crippen molar-refractivity contribution in [2.45, 2.75) is 386 Å². The quantitative estimate of drug-likeness (QED) is 0.0146. The first-order chi connectivity index (χ1) is 58.2. The van der Waals surface area contributed by atoms with Gasteiger partial charge in [-0.25, -0.2) is 9.13 Å². The molecule has 0 spiro atoms. The summed E-state index contributed by atoms with van der Waals surface area (Å²) in [6.07, 6.45) is 122. The summed E-state index contributed by atoms with van der Waals surface area (Å²) in [4.78, 5) is 59.1. The number of rotatable bonds is 87. The van der Waals surface area contributed by atoms with Gasteiger partial charge >= 0.3 is 33.6 Å². The molecule has 0 aromatic heterocycles. The third-order valence-electron chi connectivity index (χ3n) is 19.3. The highest BCUT2D eigenvalue weighted by atomic mass is 31.2. The number of hydrogen-bond acceptors (Lipinski definition) is 14. The van der Waals surface area contributed by atoms with E-state index in [4.69, 9.17) is 32.3 Å². The predicted octanol–water partition coefficient (Wildman–Crippen LogP) is 29.0. The second-order valence-electron chi connectivity index (χ2n) is 30.7. The Morgan fingerprint density at radius 2 is 0.445 bits per heavy atom. The number of ether oxygens (including phenoxy) is 3. The monoisotopic (exact) mass is 1700 g/mol. The molecule has 0 radical (unpaired) electrons. The van der Waals surface area contributed by atoms with Crippen LogP contribution in [0.4, 0.5) is 0 Å². The van der Waals surface area contributed by atoms with E-state index in [9.17, 15) is 43.5 Å².